The van der Waals surface area contributed by atoms with Gasteiger partial charge in [-0.2, -0.15) is 0 Å². The summed E-state index contributed by atoms with van der Waals surface area (Å²) < 4.78 is 24.5. The Hall–Kier alpha value is -3.09. The van der Waals surface area contributed by atoms with Crippen molar-refractivity contribution in [2.45, 2.75) is 26.7 Å². The predicted octanol–water partition coefficient (Wildman–Crippen LogP) is 4.18. The van der Waals surface area contributed by atoms with E-state index in [1.54, 1.807) is 25.1 Å². The summed E-state index contributed by atoms with van der Waals surface area (Å²) in [7, 11) is 0. The second kappa shape index (κ2) is 8.07. The second-order valence-electron chi connectivity index (χ2n) is 6.40. The van der Waals surface area contributed by atoms with Crippen molar-refractivity contribution < 1.29 is 23.5 Å². The van der Waals surface area contributed by atoms with E-state index in [9.17, 15) is 14.0 Å². The Kier molecular flexibility index (Phi) is 5.59. The van der Waals surface area contributed by atoms with Gasteiger partial charge in [0.1, 0.15) is 5.82 Å². The number of nitrogens with one attached hydrogen (secondary N) is 2. The number of hydrogen-bond donors (Lipinski definition) is 2. The average molecular weight is 372 g/mol. The van der Waals surface area contributed by atoms with Crippen molar-refractivity contribution in [3.05, 3.63) is 47.8 Å². The van der Waals surface area contributed by atoms with Gasteiger partial charge in [-0.05, 0) is 42.8 Å². The fraction of sp³-hybridized carbons (Fsp3) is 0.300. The number of anilines is 2. The summed E-state index contributed by atoms with van der Waals surface area (Å²) in [6.07, 6.45) is 1.58. The highest BCUT2D eigenvalue weighted by atomic mass is 19.1. The molecule has 1 atom stereocenters. The first-order valence-corrected chi connectivity index (χ1v) is 8.79. The molecule has 0 aromatic heterocycles. The average Bonchev–Trinajstić information content (AvgIpc) is 3.12. The number of rotatable bonds is 6. The van der Waals surface area contributed by atoms with Crippen LogP contribution in [0.1, 0.15) is 37.0 Å². The molecule has 7 heteroatoms. The number of carbonyl (C=O) groups is 2. The van der Waals surface area contributed by atoms with Gasteiger partial charge in [-0.3, -0.25) is 9.59 Å². The van der Waals surface area contributed by atoms with Gasteiger partial charge >= 0.3 is 0 Å². The molecule has 142 valence electrons. The van der Waals surface area contributed by atoms with E-state index in [0.29, 0.717) is 29.2 Å². The van der Waals surface area contributed by atoms with Crippen molar-refractivity contribution in [1.29, 1.82) is 0 Å². The molecule has 3 rings (SSSR count). The van der Waals surface area contributed by atoms with E-state index >= 15 is 0 Å². The van der Waals surface area contributed by atoms with E-state index in [2.05, 4.69) is 10.6 Å². The molecule has 0 spiro atoms. The Morgan fingerprint density at radius 3 is 2.67 bits per heavy atom. The van der Waals surface area contributed by atoms with Crippen molar-refractivity contribution in [2.24, 2.45) is 5.92 Å². The van der Waals surface area contributed by atoms with E-state index in [-0.39, 0.29) is 30.2 Å². The quantitative estimate of drug-likeness (QED) is 0.797. The Morgan fingerprint density at radius 2 is 1.89 bits per heavy atom. The number of halogens is 1. The molecule has 2 aromatic carbocycles. The van der Waals surface area contributed by atoms with Crippen LogP contribution in [0.4, 0.5) is 15.8 Å². The smallest absolute Gasteiger partial charge is 0.255 e. The van der Waals surface area contributed by atoms with Crippen LogP contribution in [0.5, 0.6) is 11.5 Å². The monoisotopic (exact) mass is 372 g/mol. The van der Waals surface area contributed by atoms with Crippen LogP contribution in [0.15, 0.2) is 36.4 Å². The molecule has 27 heavy (non-hydrogen) atoms. The van der Waals surface area contributed by atoms with E-state index < -0.39 is 5.82 Å². The lowest BCUT2D eigenvalue weighted by molar-refractivity contribution is -0.119. The molecule has 0 radical (unpaired) electrons. The first-order valence-electron chi connectivity index (χ1n) is 8.79. The maximum atomic E-state index is 14.0. The predicted molar refractivity (Wildman–Crippen MR) is 99.6 cm³/mol. The first-order chi connectivity index (χ1) is 13.0. The van der Waals surface area contributed by atoms with Crippen molar-refractivity contribution in [1.82, 2.24) is 0 Å². The SMILES string of the molecule is CCCC(C)C(=O)Nc1cc(NC(=O)c2ccc3c(c2)OCO3)ccc1F. The van der Waals surface area contributed by atoms with Crippen molar-refractivity contribution in [2.75, 3.05) is 17.4 Å². The van der Waals surface area contributed by atoms with Crippen LogP contribution >= 0.6 is 0 Å². The summed E-state index contributed by atoms with van der Waals surface area (Å²) in [4.78, 5) is 24.6. The van der Waals surface area contributed by atoms with E-state index in [0.717, 1.165) is 6.42 Å². The van der Waals surface area contributed by atoms with Gasteiger partial charge in [-0.15, -0.1) is 0 Å². The lowest BCUT2D eigenvalue weighted by Gasteiger charge is -2.13. The summed E-state index contributed by atoms with van der Waals surface area (Å²) >= 11 is 0. The molecule has 0 aliphatic carbocycles. The topological polar surface area (TPSA) is 76.7 Å². The minimum atomic E-state index is -0.562. The molecule has 1 unspecified atom stereocenters. The molecule has 2 amide bonds. The minimum Gasteiger partial charge on any atom is -0.454 e. The lowest BCUT2D eigenvalue weighted by Crippen LogP contribution is -2.21. The summed E-state index contributed by atoms with van der Waals surface area (Å²) in [6, 6.07) is 8.89. The standard InChI is InChI=1S/C20H21FN2O4/c1-3-4-12(2)19(24)23-16-10-14(6-7-15(16)21)22-20(25)13-5-8-17-18(9-13)27-11-26-17/h5-10,12H,3-4,11H2,1-2H3,(H,22,25)(H,23,24). The number of carbonyl (C=O) groups excluding carboxylic acids is 2. The second-order valence-corrected chi connectivity index (χ2v) is 6.40. The van der Waals surface area contributed by atoms with E-state index in [1.165, 1.54) is 18.2 Å². The summed E-state index contributed by atoms with van der Waals surface area (Å²) in [6.45, 7) is 3.90. The van der Waals surface area contributed by atoms with Gasteiger partial charge in [-0.25, -0.2) is 4.39 Å². The first kappa shape index (κ1) is 18.7. The van der Waals surface area contributed by atoms with Crippen LogP contribution in [0.3, 0.4) is 0 Å². The maximum absolute atomic E-state index is 14.0. The number of benzene rings is 2. The summed E-state index contributed by atoms with van der Waals surface area (Å²) in [5.41, 5.74) is 0.787. The Balaban J connectivity index is 1.72. The minimum absolute atomic E-state index is 0.0337. The van der Waals surface area contributed by atoms with Gasteiger partial charge < -0.3 is 20.1 Å². The molecule has 0 saturated carbocycles. The third-order valence-corrected chi connectivity index (χ3v) is 4.29. The number of fused-ring (bicyclic) bond motifs is 1. The Bertz CT molecular complexity index is 869. The number of ether oxygens (including phenoxy) is 2. The molecule has 0 bridgehead atoms. The molecule has 2 aromatic rings. The fourth-order valence-corrected chi connectivity index (χ4v) is 2.76. The largest absolute Gasteiger partial charge is 0.454 e. The molecular weight excluding hydrogens is 351 g/mol. The van der Waals surface area contributed by atoms with Crippen molar-refractivity contribution in [3.8, 4) is 11.5 Å². The third-order valence-electron chi connectivity index (χ3n) is 4.29. The molecule has 1 aliphatic rings. The van der Waals surface area contributed by atoms with Gasteiger partial charge in [0.05, 0.1) is 5.69 Å². The summed E-state index contributed by atoms with van der Waals surface area (Å²) in [5, 5.41) is 5.27. The van der Waals surface area contributed by atoms with Crippen LogP contribution in [-0.4, -0.2) is 18.6 Å². The Morgan fingerprint density at radius 1 is 1.11 bits per heavy atom. The highest BCUT2D eigenvalue weighted by molar-refractivity contribution is 6.05. The van der Waals surface area contributed by atoms with Gasteiger partial charge in [0.2, 0.25) is 12.7 Å². The van der Waals surface area contributed by atoms with E-state index in [1.807, 2.05) is 6.92 Å². The fourth-order valence-electron chi connectivity index (χ4n) is 2.76. The highest BCUT2D eigenvalue weighted by Crippen LogP contribution is 2.32. The molecular formula is C20H21FN2O4. The van der Waals surface area contributed by atoms with Gasteiger partial charge in [0.25, 0.3) is 5.91 Å². The summed E-state index contributed by atoms with van der Waals surface area (Å²) in [5.74, 6) is -0.333. The van der Waals surface area contributed by atoms with Gasteiger partial charge in [0, 0.05) is 17.2 Å². The Labute approximate surface area is 156 Å². The van der Waals surface area contributed by atoms with Gasteiger partial charge in [-0.1, -0.05) is 20.3 Å². The molecule has 6 nitrogen and oxygen atoms in total. The van der Waals surface area contributed by atoms with E-state index in [4.69, 9.17) is 9.47 Å². The number of hydrogen-bond acceptors (Lipinski definition) is 4. The molecule has 0 saturated heterocycles. The molecule has 1 heterocycles. The maximum Gasteiger partial charge on any atom is 0.255 e. The normalized spacial score (nSPS) is 13.1. The molecule has 2 N–H and O–H groups in total. The van der Waals surface area contributed by atoms with Crippen LogP contribution in [-0.2, 0) is 4.79 Å². The van der Waals surface area contributed by atoms with Crippen LogP contribution in [0, 0.1) is 11.7 Å². The third kappa shape index (κ3) is 4.36. The highest BCUT2D eigenvalue weighted by Gasteiger charge is 2.18. The van der Waals surface area contributed by atoms with Crippen LogP contribution < -0.4 is 20.1 Å². The zero-order chi connectivity index (χ0) is 19.4. The zero-order valence-electron chi connectivity index (χ0n) is 15.2. The van der Waals surface area contributed by atoms with Crippen LogP contribution in [0.25, 0.3) is 0 Å². The molecule has 1 aliphatic heterocycles. The van der Waals surface area contributed by atoms with Crippen LogP contribution in [0.2, 0.25) is 0 Å². The lowest BCUT2D eigenvalue weighted by atomic mass is 10.1. The van der Waals surface area contributed by atoms with Gasteiger partial charge in [0.15, 0.2) is 11.5 Å². The van der Waals surface area contributed by atoms with Crippen molar-refractivity contribution >= 4 is 23.2 Å². The molecule has 0 fully saturated rings. The van der Waals surface area contributed by atoms with Crippen molar-refractivity contribution in [3.63, 3.8) is 0 Å². The number of amides is 2. The zero-order valence-corrected chi connectivity index (χ0v) is 15.2.